The number of amides is 1. The van der Waals surface area contributed by atoms with Crippen molar-refractivity contribution in [2.45, 2.75) is 76.2 Å². The first kappa shape index (κ1) is 18.5. The molecule has 0 radical (unpaired) electrons. The summed E-state index contributed by atoms with van der Waals surface area (Å²) in [6.07, 6.45) is 8.24. The molecule has 2 fully saturated rings. The molecule has 3 rings (SSSR count). The highest BCUT2D eigenvalue weighted by molar-refractivity contribution is 7.89. The molecule has 1 saturated heterocycles. The zero-order valence-corrected chi connectivity index (χ0v) is 16.0. The van der Waals surface area contributed by atoms with Gasteiger partial charge in [0.1, 0.15) is 10.6 Å². The number of sulfonamides is 1. The number of aromatic nitrogens is 1. The quantitative estimate of drug-likeness (QED) is 0.858. The lowest BCUT2D eigenvalue weighted by Gasteiger charge is -2.20. The molecule has 1 amide bonds. The summed E-state index contributed by atoms with van der Waals surface area (Å²) >= 11 is 0. The second kappa shape index (κ2) is 7.50. The van der Waals surface area contributed by atoms with E-state index in [2.05, 4.69) is 10.3 Å². The van der Waals surface area contributed by atoms with Gasteiger partial charge in [-0.25, -0.2) is 8.42 Å². The molecule has 0 unspecified atom stereocenters. The molecule has 1 aromatic heterocycles. The lowest BCUT2D eigenvalue weighted by Crippen LogP contribution is -2.34. The Balaban J connectivity index is 1.86. The van der Waals surface area contributed by atoms with Crippen LogP contribution in [0.2, 0.25) is 0 Å². The lowest BCUT2D eigenvalue weighted by molar-refractivity contribution is 0.0932. The highest BCUT2D eigenvalue weighted by Gasteiger charge is 2.32. The van der Waals surface area contributed by atoms with Crippen LogP contribution in [-0.2, 0) is 10.0 Å². The Labute approximate surface area is 150 Å². The maximum absolute atomic E-state index is 13.1. The number of nitrogens with zero attached hydrogens (tertiary/aromatic N) is 1. The van der Waals surface area contributed by atoms with E-state index in [0.29, 0.717) is 30.0 Å². The molecule has 2 N–H and O–H groups in total. The lowest BCUT2D eigenvalue weighted by atomic mass is 10.2. The van der Waals surface area contributed by atoms with Gasteiger partial charge in [-0.05, 0) is 45.1 Å². The number of hydrogen-bond donors (Lipinski definition) is 2. The van der Waals surface area contributed by atoms with Crippen LogP contribution in [0.5, 0.6) is 0 Å². The molecule has 0 aromatic carbocycles. The van der Waals surface area contributed by atoms with E-state index in [1.807, 2.05) is 0 Å². The third-order valence-electron chi connectivity index (χ3n) is 5.45. The Morgan fingerprint density at radius 3 is 2.24 bits per heavy atom. The van der Waals surface area contributed by atoms with Gasteiger partial charge in [0.25, 0.3) is 5.91 Å². The van der Waals surface area contributed by atoms with Crippen LogP contribution in [0, 0.1) is 13.8 Å². The van der Waals surface area contributed by atoms with Crippen molar-refractivity contribution in [3.63, 3.8) is 0 Å². The third kappa shape index (κ3) is 3.77. The van der Waals surface area contributed by atoms with Gasteiger partial charge in [-0.1, -0.05) is 25.7 Å². The molecular formula is C18H29N3O3S. The van der Waals surface area contributed by atoms with E-state index < -0.39 is 10.0 Å². The average molecular weight is 368 g/mol. The van der Waals surface area contributed by atoms with Crippen LogP contribution in [0.4, 0.5) is 0 Å². The van der Waals surface area contributed by atoms with Crippen LogP contribution in [0.3, 0.4) is 0 Å². The Kier molecular flexibility index (Phi) is 5.53. The molecule has 0 spiro atoms. The number of aromatic amines is 1. The first-order valence-electron chi connectivity index (χ1n) is 9.41. The predicted molar refractivity (Wildman–Crippen MR) is 97.2 cm³/mol. The number of carbonyl (C=O) groups is 1. The summed E-state index contributed by atoms with van der Waals surface area (Å²) in [6, 6.07) is 0.209. The molecular weight excluding hydrogens is 338 g/mol. The van der Waals surface area contributed by atoms with Gasteiger partial charge in [-0.15, -0.1) is 0 Å². The van der Waals surface area contributed by atoms with Crippen LogP contribution < -0.4 is 5.32 Å². The standard InChI is InChI=1S/C18H29N3O3S/c1-13-16(18(22)20-15-9-5-6-10-15)19-14(2)17(13)25(23,24)21-11-7-3-4-8-12-21/h15,19H,3-12H2,1-2H3,(H,20,22). The van der Waals surface area contributed by atoms with Gasteiger partial charge in [-0.2, -0.15) is 4.31 Å². The summed E-state index contributed by atoms with van der Waals surface area (Å²) in [7, 11) is -3.56. The van der Waals surface area contributed by atoms with E-state index in [9.17, 15) is 13.2 Å². The van der Waals surface area contributed by atoms with E-state index in [4.69, 9.17) is 0 Å². The van der Waals surface area contributed by atoms with Crippen LogP contribution in [-0.4, -0.2) is 42.7 Å². The van der Waals surface area contributed by atoms with E-state index in [0.717, 1.165) is 51.4 Å². The summed E-state index contributed by atoms with van der Waals surface area (Å²) in [5.41, 5.74) is 1.48. The van der Waals surface area contributed by atoms with Crippen molar-refractivity contribution in [1.82, 2.24) is 14.6 Å². The minimum Gasteiger partial charge on any atom is -0.353 e. The summed E-state index contributed by atoms with van der Waals surface area (Å²) in [5, 5.41) is 3.04. The molecule has 1 aromatic rings. The van der Waals surface area contributed by atoms with Gasteiger partial charge in [0.15, 0.2) is 0 Å². The van der Waals surface area contributed by atoms with Crippen molar-refractivity contribution in [3.05, 3.63) is 17.0 Å². The molecule has 0 atom stereocenters. The van der Waals surface area contributed by atoms with Crippen molar-refractivity contribution in [3.8, 4) is 0 Å². The number of H-pyrrole nitrogens is 1. The first-order valence-corrected chi connectivity index (χ1v) is 10.9. The fraction of sp³-hybridized carbons (Fsp3) is 0.722. The van der Waals surface area contributed by atoms with Gasteiger partial charge < -0.3 is 10.3 Å². The molecule has 25 heavy (non-hydrogen) atoms. The maximum atomic E-state index is 13.1. The number of aryl methyl sites for hydroxylation is 1. The van der Waals surface area contributed by atoms with Gasteiger partial charge >= 0.3 is 0 Å². The van der Waals surface area contributed by atoms with Crippen molar-refractivity contribution in [2.24, 2.45) is 0 Å². The number of hydrogen-bond acceptors (Lipinski definition) is 3. The topological polar surface area (TPSA) is 82.3 Å². The number of rotatable bonds is 4. The number of carbonyl (C=O) groups excluding carboxylic acids is 1. The molecule has 2 aliphatic rings. The van der Waals surface area contributed by atoms with Gasteiger partial charge in [-0.3, -0.25) is 4.79 Å². The average Bonchev–Trinajstić information content (AvgIpc) is 3.05. The monoisotopic (exact) mass is 367 g/mol. The summed E-state index contributed by atoms with van der Waals surface area (Å²) < 4.78 is 27.9. The normalized spacial score (nSPS) is 20.6. The zero-order valence-electron chi connectivity index (χ0n) is 15.2. The first-order chi connectivity index (χ1) is 11.9. The van der Waals surface area contributed by atoms with Crippen molar-refractivity contribution in [1.29, 1.82) is 0 Å². The van der Waals surface area contributed by atoms with Crippen LogP contribution in [0.25, 0.3) is 0 Å². The Hall–Kier alpha value is -1.34. The number of nitrogens with one attached hydrogen (secondary N) is 2. The molecule has 140 valence electrons. The molecule has 7 heteroatoms. The smallest absolute Gasteiger partial charge is 0.268 e. The SMILES string of the molecule is Cc1[nH]c(C(=O)NC2CCCC2)c(C)c1S(=O)(=O)N1CCCCCC1. The largest absolute Gasteiger partial charge is 0.353 e. The van der Waals surface area contributed by atoms with Crippen molar-refractivity contribution < 1.29 is 13.2 Å². The van der Waals surface area contributed by atoms with E-state index in [1.54, 1.807) is 18.2 Å². The summed E-state index contributed by atoms with van der Waals surface area (Å²) in [5.74, 6) is -0.190. The second-order valence-corrected chi connectivity index (χ2v) is 9.23. The minimum absolute atomic E-state index is 0.190. The fourth-order valence-corrected chi connectivity index (χ4v) is 6.01. The molecule has 1 saturated carbocycles. The van der Waals surface area contributed by atoms with Crippen molar-refractivity contribution in [2.75, 3.05) is 13.1 Å². The highest BCUT2D eigenvalue weighted by atomic mass is 32.2. The Bertz CT molecular complexity index is 725. The van der Waals surface area contributed by atoms with E-state index in [-0.39, 0.29) is 16.8 Å². The molecule has 6 nitrogen and oxygen atoms in total. The van der Waals surface area contributed by atoms with Gasteiger partial charge in [0.05, 0.1) is 0 Å². The zero-order chi connectivity index (χ0) is 18.0. The van der Waals surface area contributed by atoms with E-state index in [1.165, 1.54) is 0 Å². The Morgan fingerprint density at radius 2 is 1.64 bits per heavy atom. The Morgan fingerprint density at radius 1 is 1.04 bits per heavy atom. The van der Waals surface area contributed by atoms with Gasteiger partial charge in [0.2, 0.25) is 10.0 Å². The molecule has 1 aliphatic heterocycles. The third-order valence-corrected chi connectivity index (χ3v) is 7.62. The fourth-order valence-electron chi connectivity index (χ4n) is 4.09. The summed E-state index contributed by atoms with van der Waals surface area (Å²) in [4.78, 5) is 15.9. The van der Waals surface area contributed by atoms with E-state index >= 15 is 0 Å². The summed E-state index contributed by atoms with van der Waals surface area (Å²) in [6.45, 7) is 4.60. The minimum atomic E-state index is -3.56. The van der Waals surface area contributed by atoms with Crippen LogP contribution in [0.15, 0.2) is 4.90 Å². The molecule has 1 aliphatic carbocycles. The van der Waals surface area contributed by atoms with Gasteiger partial charge in [0, 0.05) is 24.8 Å². The molecule has 0 bridgehead atoms. The second-order valence-electron chi connectivity index (χ2n) is 7.35. The maximum Gasteiger partial charge on any atom is 0.268 e. The van der Waals surface area contributed by atoms with Crippen LogP contribution >= 0.6 is 0 Å². The molecule has 2 heterocycles. The predicted octanol–water partition coefficient (Wildman–Crippen LogP) is 2.87. The highest BCUT2D eigenvalue weighted by Crippen LogP contribution is 2.28. The van der Waals surface area contributed by atoms with Crippen LogP contribution in [0.1, 0.15) is 73.1 Å². The van der Waals surface area contributed by atoms with Crippen molar-refractivity contribution >= 4 is 15.9 Å².